The summed E-state index contributed by atoms with van der Waals surface area (Å²) in [6.45, 7) is 3.85. The van der Waals surface area contributed by atoms with E-state index in [4.69, 9.17) is 4.74 Å². The fourth-order valence-corrected chi connectivity index (χ4v) is 2.79. The fraction of sp³-hybridized carbons (Fsp3) is 0.300. The number of rotatable bonds is 6. The highest BCUT2D eigenvalue weighted by Crippen LogP contribution is 2.16. The van der Waals surface area contributed by atoms with Gasteiger partial charge in [-0.25, -0.2) is 13.6 Å². The van der Waals surface area contributed by atoms with Crippen LogP contribution in [0.1, 0.15) is 22.3 Å². The minimum atomic E-state index is -0.893. The number of halogens is 2. The van der Waals surface area contributed by atoms with Gasteiger partial charge < -0.3 is 10.1 Å². The van der Waals surface area contributed by atoms with Crippen molar-refractivity contribution >= 4 is 11.9 Å². The number of ether oxygens (including phenoxy) is 1. The number of carbonyl (C=O) groups excluding carboxylic acids is 2. The van der Waals surface area contributed by atoms with Crippen molar-refractivity contribution in [2.75, 3.05) is 7.11 Å². The lowest BCUT2D eigenvalue weighted by atomic mass is 9.96. The molecular weight excluding hydrogens is 340 g/mol. The molecule has 0 aliphatic rings. The molecule has 0 heterocycles. The highest BCUT2D eigenvalue weighted by molar-refractivity contribution is 5.86. The first kappa shape index (κ1) is 19.6. The van der Waals surface area contributed by atoms with Crippen molar-refractivity contribution in [3.05, 3.63) is 70.3 Å². The van der Waals surface area contributed by atoms with Crippen molar-refractivity contribution in [1.82, 2.24) is 5.32 Å². The molecule has 0 spiro atoms. The van der Waals surface area contributed by atoms with Gasteiger partial charge in [-0.05, 0) is 42.2 Å². The SMILES string of the molecule is COC(=O)[C@@H](Cc1c(C)cccc1C)NC(=O)Cc1ccc(F)cc1F. The fourth-order valence-electron chi connectivity index (χ4n) is 2.79. The predicted octanol–water partition coefficient (Wildman–Crippen LogP) is 3.02. The van der Waals surface area contributed by atoms with Gasteiger partial charge in [0.1, 0.15) is 17.7 Å². The lowest BCUT2D eigenvalue weighted by molar-refractivity contribution is -0.145. The highest BCUT2D eigenvalue weighted by atomic mass is 19.1. The van der Waals surface area contributed by atoms with Gasteiger partial charge >= 0.3 is 5.97 Å². The van der Waals surface area contributed by atoms with Crippen LogP contribution in [-0.2, 0) is 27.2 Å². The molecule has 0 radical (unpaired) electrons. The highest BCUT2D eigenvalue weighted by Gasteiger charge is 2.24. The second-order valence-corrected chi connectivity index (χ2v) is 6.13. The molecular formula is C20H21F2NO3. The van der Waals surface area contributed by atoms with Gasteiger partial charge in [-0.3, -0.25) is 4.79 Å². The van der Waals surface area contributed by atoms with E-state index in [0.717, 1.165) is 28.8 Å². The van der Waals surface area contributed by atoms with Crippen molar-refractivity contribution < 1.29 is 23.1 Å². The van der Waals surface area contributed by atoms with Crippen LogP contribution in [-0.4, -0.2) is 25.0 Å². The van der Waals surface area contributed by atoms with Gasteiger partial charge in [-0.1, -0.05) is 24.3 Å². The Hall–Kier alpha value is -2.76. The number of amides is 1. The van der Waals surface area contributed by atoms with Crippen LogP contribution in [0, 0.1) is 25.5 Å². The molecule has 1 atom stereocenters. The summed E-state index contributed by atoms with van der Waals surface area (Å²) < 4.78 is 31.5. The largest absolute Gasteiger partial charge is 0.467 e. The Bertz CT molecular complexity index is 800. The first-order valence-electron chi connectivity index (χ1n) is 8.18. The molecule has 138 valence electrons. The van der Waals surface area contributed by atoms with E-state index in [0.29, 0.717) is 0 Å². The molecule has 26 heavy (non-hydrogen) atoms. The minimum Gasteiger partial charge on any atom is -0.467 e. The van der Waals surface area contributed by atoms with E-state index in [1.165, 1.54) is 13.2 Å². The normalized spacial score (nSPS) is 11.7. The molecule has 2 rings (SSSR count). The summed E-state index contributed by atoms with van der Waals surface area (Å²) in [6, 6.07) is 7.88. The molecule has 0 aliphatic heterocycles. The van der Waals surface area contributed by atoms with Crippen molar-refractivity contribution in [2.24, 2.45) is 0 Å². The third-order valence-corrected chi connectivity index (χ3v) is 4.24. The number of hydrogen-bond acceptors (Lipinski definition) is 3. The second kappa shape index (κ2) is 8.56. The van der Waals surface area contributed by atoms with Crippen molar-refractivity contribution in [1.29, 1.82) is 0 Å². The van der Waals surface area contributed by atoms with Crippen molar-refractivity contribution in [2.45, 2.75) is 32.7 Å². The van der Waals surface area contributed by atoms with Gasteiger partial charge in [-0.15, -0.1) is 0 Å². The maximum Gasteiger partial charge on any atom is 0.328 e. The first-order valence-corrected chi connectivity index (χ1v) is 8.18. The third-order valence-electron chi connectivity index (χ3n) is 4.24. The van der Waals surface area contributed by atoms with E-state index in [1.54, 1.807) is 0 Å². The van der Waals surface area contributed by atoms with Crippen LogP contribution in [0.15, 0.2) is 36.4 Å². The van der Waals surface area contributed by atoms with Crippen LogP contribution in [0.3, 0.4) is 0 Å². The van der Waals surface area contributed by atoms with Crippen LogP contribution >= 0.6 is 0 Å². The smallest absolute Gasteiger partial charge is 0.328 e. The van der Waals surface area contributed by atoms with Gasteiger partial charge in [-0.2, -0.15) is 0 Å². The van der Waals surface area contributed by atoms with E-state index in [-0.39, 0.29) is 18.4 Å². The van der Waals surface area contributed by atoms with Crippen molar-refractivity contribution in [3.8, 4) is 0 Å². The zero-order valence-corrected chi connectivity index (χ0v) is 14.9. The molecule has 0 saturated heterocycles. The molecule has 0 fully saturated rings. The Morgan fingerprint density at radius 2 is 1.77 bits per heavy atom. The number of hydrogen-bond donors (Lipinski definition) is 1. The van der Waals surface area contributed by atoms with Crippen LogP contribution in [0.4, 0.5) is 8.78 Å². The Morgan fingerprint density at radius 1 is 1.12 bits per heavy atom. The van der Waals surface area contributed by atoms with Gasteiger partial charge in [0.15, 0.2) is 0 Å². The zero-order chi connectivity index (χ0) is 19.3. The lowest BCUT2D eigenvalue weighted by Crippen LogP contribution is -2.44. The molecule has 1 amide bonds. The summed E-state index contributed by atoms with van der Waals surface area (Å²) in [5, 5.41) is 2.59. The van der Waals surface area contributed by atoms with Gasteiger partial charge in [0.05, 0.1) is 13.5 Å². The molecule has 0 unspecified atom stereocenters. The number of aryl methyl sites for hydroxylation is 2. The van der Waals surface area contributed by atoms with Crippen LogP contribution < -0.4 is 5.32 Å². The maximum atomic E-state index is 13.7. The maximum absolute atomic E-state index is 13.7. The van der Waals surface area contributed by atoms with Gasteiger partial charge in [0.2, 0.25) is 5.91 Å². The van der Waals surface area contributed by atoms with E-state index in [2.05, 4.69) is 5.32 Å². The number of benzene rings is 2. The molecule has 0 bridgehead atoms. The third kappa shape index (κ3) is 4.88. The van der Waals surface area contributed by atoms with Gasteiger partial charge in [0, 0.05) is 12.5 Å². The lowest BCUT2D eigenvalue weighted by Gasteiger charge is -2.19. The number of carbonyl (C=O) groups is 2. The number of esters is 1. The Morgan fingerprint density at radius 3 is 2.35 bits per heavy atom. The molecule has 0 saturated carbocycles. The Kier molecular flexibility index (Phi) is 6.44. The summed E-state index contributed by atoms with van der Waals surface area (Å²) in [7, 11) is 1.24. The van der Waals surface area contributed by atoms with E-state index in [1.807, 2.05) is 32.0 Å². The topological polar surface area (TPSA) is 55.4 Å². The molecule has 6 heteroatoms. The van der Waals surface area contributed by atoms with E-state index < -0.39 is 29.6 Å². The first-order chi connectivity index (χ1) is 12.3. The summed E-state index contributed by atoms with van der Waals surface area (Å²) in [5.41, 5.74) is 2.99. The minimum absolute atomic E-state index is 0.0552. The second-order valence-electron chi connectivity index (χ2n) is 6.13. The average molecular weight is 361 g/mol. The summed E-state index contributed by atoms with van der Waals surface area (Å²) in [4.78, 5) is 24.3. The van der Waals surface area contributed by atoms with Crippen molar-refractivity contribution in [3.63, 3.8) is 0 Å². The summed E-state index contributed by atoms with van der Waals surface area (Å²) in [5.74, 6) is -2.64. The molecule has 2 aromatic carbocycles. The van der Waals surface area contributed by atoms with E-state index >= 15 is 0 Å². The molecule has 1 N–H and O–H groups in total. The molecule has 2 aromatic rings. The predicted molar refractivity (Wildman–Crippen MR) is 93.6 cm³/mol. The number of methoxy groups -OCH3 is 1. The van der Waals surface area contributed by atoms with Gasteiger partial charge in [0.25, 0.3) is 0 Å². The molecule has 0 aromatic heterocycles. The monoisotopic (exact) mass is 361 g/mol. The average Bonchev–Trinajstić information content (AvgIpc) is 2.59. The molecule has 4 nitrogen and oxygen atoms in total. The quantitative estimate of drug-likeness (QED) is 0.805. The molecule has 0 aliphatic carbocycles. The summed E-state index contributed by atoms with van der Waals surface area (Å²) >= 11 is 0. The summed E-state index contributed by atoms with van der Waals surface area (Å²) in [6.07, 6.45) is -0.0326. The standard InChI is InChI=1S/C20H21F2NO3/c1-12-5-4-6-13(2)16(12)11-18(20(25)26-3)23-19(24)9-14-7-8-15(21)10-17(14)22/h4-8,10,18H,9,11H2,1-3H3,(H,23,24)/t18-/m1/s1. The zero-order valence-electron chi connectivity index (χ0n) is 14.9. The van der Waals surface area contributed by atoms with Crippen LogP contribution in [0.5, 0.6) is 0 Å². The van der Waals surface area contributed by atoms with Crippen LogP contribution in [0.2, 0.25) is 0 Å². The van der Waals surface area contributed by atoms with E-state index in [9.17, 15) is 18.4 Å². The Labute approximate surface area is 151 Å². The number of nitrogens with one attached hydrogen (secondary N) is 1. The Balaban J connectivity index is 2.14. The van der Waals surface area contributed by atoms with Crippen LogP contribution in [0.25, 0.3) is 0 Å².